The van der Waals surface area contributed by atoms with E-state index in [0.29, 0.717) is 11.4 Å². The van der Waals surface area contributed by atoms with Gasteiger partial charge in [0.2, 0.25) is 0 Å². The Kier molecular flexibility index (Phi) is 4.21. The molecule has 2 N–H and O–H groups in total. The molecule has 0 bridgehead atoms. The number of benzene rings is 1. The number of pyridine rings is 2. The van der Waals surface area contributed by atoms with Crippen LogP contribution < -0.4 is 10.6 Å². The summed E-state index contributed by atoms with van der Waals surface area (Å²) in [6.07, 6.45) is 6.82. The largest absolute Gasteiger partial charge is 0.332 e. The molecule has 0 aliphatic carbocycles. The molecule has 0 unspecified atom stereocenters. The molecule has 26 heavy (non-hydrogen) atoms. The van der Waals surface area contributed by atoms with Crippen molar-refractivity contribution in [2.75, 3.05) is 5.32 Å². The molecule has 3 heterocycles. The van der Waals surface area contributed by atoms with Crippen molar-refractivity contribution < 1.29 is 4.79 Å². The van der Waals surface area contributed by atoms with Crippen molar-refractivity contribution in [3.05, 3.63) is 72.9 Å². The minimum absolute atomic E-state index is 0.259. The van der Waals surface area contributed by atoms with Gasteiger partial charge in [-0.05, 0) is 24.3 Å². The van der Waals surface area contributed by atoms with E-state index in [1.165, 1.54) is 0 Å². The fourth-order valence-corrected chi connectivity index (χ4v) is 2.54. The van der Waals surface area contributed by atoms with E-state index < -0.39 is 0 Å². The van der Waals surface area contributed by atoms with Crippen LogP contribution in [0.25, 0.3) is 16.6 Å². The van der Waals surface area contributed by atoms with E-state index >= 15 is 0 Å². The minimum Gasteiger partial charge on any atom is -0.332 e. The van der Waals surface area contributed by atoms with E-state index in [1.54, 1.807) is 29.5 Å². The van der Waals surface area contributed by atoms with Crippen LogP contribution in [0, 0.1) is 0 Å². The second-order valence-electron chi connectivity index (χ2n) is 5.55. The Bertz CT molecular complexity index is 1040. The lowest BCUT2D eigenvalue weighted by atomic mass is 10.2. The Labute approximate surface area is 148 Å². The van der Waals surface area contributed by atoms with Gasteiger partial charge in [0.1, 0.15) is 5.69 Å². The number of amides is 2. The zero-order valence-electron chi connectivity index (χ0n) is 13.7. The molecule has 128 valence electrons. The number of hydrogen-bond donors (Lipinski definition) is 2. The number of para-hydroxylation sites is 1. The number of carbonyl (C=O) groups excluding carboxylic acids is 1. The summed E-state index contributed by atoms with van der Waals surface area (Å²) < 4.78 is 1.63. The summed E-state index contributed by atoms with van der Waals surface area (Å²) >= 11 is 0. The van der Waals surface area contributed by atoms with Gasteiger partial charge in [0.05, 0.1) is 29.6 Å². The van der Waals surface area contributed by atoms with Crippen LogP contribution >= 0.6 is 0 Å². The summed E-state index contributed by atoms with van der Waals surface area (Å²) in [4.78, 5) is 20.5. The predicted molar refractivity (Wildman–Crippen MR) is 96.8 cm³/mol. The summed E-state index contributed by atoms with van der Waals surface area (Å²) in [5, 5.41) is 14.7. The molecule has 3 aromatic heterocycles. The molecule has 4 aromatic rings. The van der Waals surface area contributed by atoms with Crippen molar-refractivity contribution in [3.8, 4) is 5.69 Å². The summed E-state index contributed by atoms with van der Waals surface area (Å²) in [7, 11) is 0. The van der Waals surface area contributed by atoms with Crippen LogP contribution in [0.15, 0.2) is 67.3 Å². The first kappa shape index (κ1) is 15.7. The van der Waals surface area contributed by atoms with Crippen molar-refractivity contribution in [2.24, 2.45) is 0 Å². The highest BCUT2D eigenvalue weighted by molar-refractivity contribution is 5.99. The SMILES string of the molecule is O=C(NCc1cn(-c2ccncc2)nn1)Nc1cccc2cccnc12. The number of nitrogens with zero attached hydrogens (tertiary/aromatic N) is 5. The van der Waals surface area contributed by atoms with E-state index in [-0.39, 0.29) is 12.6 Å². The number of nitrogens with one attached hydrogen (secondary N) is 2. The summed E-state index contributed by atoms with van der Waals surface area (Å²) in [6.45, 7) is 0.259. The number of hydrogen-bond acceptors (Lipinski definition) is 5. The van der Waals surface area contributed by atoms with Crippen LogP contribution in [0.2, 0.25) is 0 Å². The zero-order chi connectivity index (χ0) is 17.8. The van der Waals surface area contributed by atoms with Crippen LogP contribution in [0.3, 0.4) is 0 Å². The molecule has 0 aliphatic heterocycles. The minimum atomic E-state index is -0.332. The third-order valence-electron chi connectivity index (χ3n) is 3.78. The molecular formula is C18H15N7O. The first-order valence-corrected chi connectivity index (χ1v) is 8.00. The molecule has 8 nitrogen and oxygen atoms in total. The Morgan fingerprint density at radius 1 is 1.04 bits per heavy atom. The molecular weight excluding hydrogens is 330 g/mol. The summed E-state index contributed by atoms with van der Waals surface area (Å²) in [5.74, 6) is 0. The highest BCUT2D eigenvalue weighted by atomic mass is 16.2. The first-order chi connectivity index (χ1) is 12.8. The average Bonchev–Trinajstić information content (AvgIpc) is 3.17. The van der Waals surface area contributed by atoms with Crippen LogP contribution in [0.1, 0.15) is 5.69 Å². The zero-order valence-corrected chi connectivity index (χ0v) is 13.7. The van der Waals surface area contributed by atoms with Gasteiger partial charge < -0.3 is 10.6 Å². The lowest BCUT2D eigenvalue weighted by Gasteiger charge is -2.08. The summed E-state index contributed by atoms with van der Waals surface area (Å²) in [6, 6.07) is 12.8. The maximum atomic E-state index is 12.2. The molecule has 1 aromatic carbocycles. The van der Waals surface area contributed by atoms with Gasteiger partial charge in [0, 0.05) is 24.0 Å². The molecule has 8 heteroatoms. The lowest BCUT2D eigenvalue weighted by molar-refractivity contribution is 0.251. The fraction of sp³-hybridized carbons (Fsp3) is 0.0556. The van der Waals surface area contributed by atoms with Crippen LogP contribution in [0.5, 0.6) is 0 Å². The normalized spacial score (nSPS) is 10.6. The molecule has 0 atom stereocenters. The fourth-order valence-electron chi connectivity index (χ4n) is 2.54. The van der Waals surface area contributed by atoms with Crippen LogP contribution in [-0.2, 0) is 6.54 Å². The maximum absolute atomic E-state index is 12.2. The van der Waals surface area contributed by atoms with Crippen LogP contribution in [0.4, 0.5) is 10.5 Å². The smallest absolute Gasteiger partial charge is 0.319 e. The number of carbonyl (C=O) groups is 1. The molecule has 4 rings (SSSR count). The van der Waals surface area contributed by atoms with Crippen molar-refractivity contribution in [2.45, 2.75) is 6.54 Å². The van der Waals surface area contributed by atoms with Gasteiger partial charge in [0.25, 0.3) is 0 Å². The first-order valence-electron chi connectivity index (χ1n) is 8.00. The Morgan fingerprint density at radius 3 is 2.77 bits per heavy atom. The highest BCUT2D eigenvalue weighted by Gasteiger charge is 2.08. The molecule has 0 radical (unpaired) electrons. The second kappa shape index (κ2) is 6.98. The topological polar surface area (TPSA) is 97.6 Å². The number of fused-ring (bicyclic) bond motifs is 1. The van der Waals surface area contributed by atoms with E-state index in [4.69, 9.17) is 0 Å². The predicted octanol–water partition coefficient (Wildman–Crippen LogP) is 2.53. The lowest BCUT2D eigenvalue weighted by Crippen LogP contribution is -2.28. The van der Waals surface area contributed by atoms with Crippen molar-refractivity contribution in [1.82, 2.24) is 30.3 Å². The van der Waals surface area contributed by atoms with Crippen molar-refractivity contribution >= 4 is 22.6 Å². The highest BCUT2D eigenvalue weighted by Crippen LogP contribution is 2.20. The van der Waals surface area contributed by atoms with Crippen LogP contribution in [-0.4, -0.2) is 31.0 Å². The monoisotopic (exact) mass is 345 g/mol. The van der Waals surface area contributed by atoms with Gasteiger partial charge in [-0.15, -0.1) is 5.10 Å². The molecule has 0 saturated carbocycles. The number of aromatic nitrogens is 5. The quantitative estimate of drug-likeness (QED) is 0.592. The number of rotatable bonds is 4. The third-order valence-corrected chi connectivity index (χ3v) is 3.78. The Hall–Kier alpha value is -3.81. The van der Waals surface area contributed by atoms with E-state index in [0.717, 1.165) is 16.6 Å². The number of urea groups is 1. The van der Waals surface area contributed by atoms with Gasteiger partial charge in [-0.2, -0.15) is 0 Å². The molecule has 0 saturated heterocycles. The van der Waals surface area contributed by atoms with Crippen molar-refractivity contribution in [1.29, 1.82) is 0 Å². The average molecular weight is 345 g/mol. The molecule has 0 spiro atoms. The van der Waals surface area contributed by atoms with Gasteiger partial charge in [-0.25, -0.2) is 9.48 Å². The van der Waals surface area contributed by atoms with E-state index in [2.05, 4.69) is 30.9 Å². The standard InChI is InChI=1S/C18H15N7O/c26-18(22-16-5-1-3-13-4-2-8-20-17(13)16)21-11-14-12-25(24-23-14)15-6-9-19-10-7-15/h1-10,12H,11H2,(H2,21,22,26). The maximum Gasteiger partial charge on any atom is 0.319 e. The van der Waals surface area contributed by atoms with E-state index in [9.17, 15) is 4.79 Å². The van der Waals surface area contributed by atoms with E-state index in [1.807, 2.05) is 42.5 Å². The molecule has 0 fully saturated rings. The number of anilines is 1. The Morgan fingerprint density at radius 2 is 1.88 bits per heavy atom. The second-order valence-corrected chi connectivity index (χ2v) is 5.55. The Balaban J connectivity index is 1.41. The molecule has 0 aliphatic rings. The molecule has 2 amide bonds. The van der Waals surface area contributed by atoms with Gasteiger partial charge in [0.15, 0.2) is 0 Å². The van der Waals surface area contributed by atoms with Crippen molar-refractivity contribution in [3.63, 3.8) is 0 Å². The van der Waals surface area contributed by atoms with Gasteiger partial charge in [-0.1, -0.05) is 23.4 Å². The summed E-state index contributed by atoms with van der Waals surface area (Å²) in [5.41, 5.74) is 2.90. The third kappa shape index (κ3) is 3.34. The van der Waals surface area contributed by atoms with Gasteiger partial charge in [-0.3, -0.25) is 9.97 Å². The van der Waals surface area contributed by atoms with Gasteiger partial charge >= 0.3 is 6.03 Å².